The topological polar surface area (TPSA) is 71.1 Å². The average molecular weight is 655 g/mol. The van der Waals surface area contributed by atoms with Gasteiger partial charge in [-0.3, -0.25) is 0 Å². The Morgan fingerprint density at radius 2 is 0.911 bits per heavy atom. The molecule has 8 atom stereocenters. The van der Waals surface area contributed by atoms with E-state index < -0.39 is 6.51 Å². The summed E-state index contributed by atoms with van der Waals surface area (Å²) in [7, 11) is 0. The zero-order chi connectivity index (χ0) is 30.4. The molecule has 10 heterocycles. The van der Waals surface area contributed by atoms with E-state index in [-0.39, 0.29) is 20.6 Å². The van der Waals surface area contributed by atoms with Crippen LogP contribution in [0.1, 0.15) is 78.1 Å². The van der Waals surface area contributed by atoms with Crippen molar-refractivity contribution in [1.29, 1.82) is 0 Å². The molecule has 12 rings (SSSR count). The number of esters is 2. The number of carbonyl (C=O) groups excluding carboxylic acids is 2. The van der Waals surface area contributed by atoms with Gasteiger partial charge < -0.3 is 0 Å². The van der Waals surface area contributed by atoms with E-state index in [2.05, 4.69) is 13.8 Å². The Labute approximate surface area is 256 Å². The quantitative estimate of drug-likeness (QED) is 0.0690. The van der Waals surface area contributed by atoms with Gasteiger partial charge in [0.2, 0.25) is 0 Å². The molecule has 10 aliphatic heterocycles. The number of carbonyl (C=O) groups is 2. The van der Waals surface area contributed by atoms with Gasteiger partial charge in [0.1, 0.15) is 0 Å². The predicted molar refractivity (Wildman–Crippen MR) is 168 cm³/mol. The molecule has 242 valence electrons. The Hall–Kier alpha value is -2.50. The SMILES string of the molecule is CCCCCCCOc1ccccc1OC(=O)[C]12[CH]3[CH]4[CH]5[CH]1[Fe]45321678[CH]2[CH]1[CH]6[C]7(C(=O)Oc1ccccc1OCCCCCCC)[CH]28. The number of unbranched alkanes of at least 4 members (excludes halogenated alkanes) is 8. The van der Waals surface area contributed by atoms with Crippen molar-refractivity contribution in [3.05, 3.63) is 48.5 Å². The average Bonchev–Trinajstić information content (AvgIpc) is 4.00. The van der Waals surface area contributed by atoms with Gasteiger partial charge in [-0.05, 0) is 0 Å². The van der Waals surface area contributed by atoms with Crippen LogP contribution in [0, 0.1) is 0 Å². The predicted octanol–water partition coefficient (Wildman–Crippen LogP) is 10.0. The summed E-state index contributed by atoms with van der Waals surface area (Å²) in [6.45, 7) is 1.18. The van der Waals surface area contributed by atoms with Crippen molar-refractivity contribution in [3.63, 3.8) is 0 Å². The summed E-state index contributed by atoms with van der Waals surface area (Å²) < 4.78 is 24.6. The first-order valence-electron chi connectivity index (χ1n) is 17.9. The van der Waals surface area contributed by atoms with Crippen LogP contribution in [0.5, 0.6) is 23.0 Å². The number of hydrogen-bond acceptors (Lipinski definition) is 6. The van der Waals surface area contributed by atoms with Crippen molar-refractivity contribution >= 4 is 11.9 Å². The summed E-state index contributed by atoms with van der Waals surface area (Å²) in [5.41, 5.74) is 0. The second-order valence-corrected chi connectivity index (χ2v) is 41.2. The van der Waals surface area contributed by atoms with Gasteiger partial charge in [-0.25, -0.2) is 0 Å². The molecule has 10 saturated heterocycles. The Balaban J connectivity index is 0.807. The van der Waals surface area contributed by atoms with Crippen LogP contribution in [0.15, 0.2) is 48.5 Å². The van der Waals surface area contributed by atoms with Gasteiger partial charge in [-0.2, -0.15) is 0 Å². The molecule has 45 heavy (non-hydrogen) atoms. The minimum absolute atomic E-state index is 0.00646. The number of fused-ring (bicyclic) bond motifs is 10. The Morgan fingerprint density at radius 1 is 0.556 bits per heavy atom. The van der Waals surface area contributed by atoms with Gasteiger partial charge in [0.15, 0.2) is 0 Å². The molecule has 10 fully saturated rings. The number of hydrogen-bond donors (Lipinski definition) is 0. The summed E-state index contributed by atoms with van der Waals surface area (Å²) in [5.74, 6) is 2.47. The zero-order valence-corrected chi connectivity index (χ0v) is 27.6. The third kappa shape index (κ3) is 0.817. The summed E-state index contributed by atoms with van der Waals surface area (Å²) in [6.07, 6.45) is 11.7. The van der Waals surface area contributed by atoms with Gasteiger partial charge in [-0.1, -0.05) is 13.8 Å². The standard InChI is InChI=1S/2C19H23O3.Fe/c2*1-2-3-4-5-10-15-21-17-13-8-9-14-18(17)22-19(20)16-11-6-7-12-16;/h2*6-9,11-14H,2-5,10,15H2,1H3;. The van der Waals surface area contributed by atoms with Gasteiger partial charge >= 0.3 is 243 Å². The molecule has 2 aromatic rings. The summed E-state index contributed by atoms with van der Waals surface area (Å²) in [5, 5.41) is 0. The zero-order valence-electron chi connectivity index (χ0n) is 26.5. The van der Waals surface area contributed by atoms with E-state index in [0.717, 1.165) is 44.9 Å². The molecule has 0 radical (unpaired) electrons. The van der Waals surface area contributed by atoms with Crippen molar-refractivity contribution in [2.24, 2.45) is 0 Å². The normalized spacial score (nSPS) is 53.5. The first-order chi connectivity index (χ1) is 21.8. The third-order valence-electron chi connectivity index (χ3n) is 20.6. The molecule has 2 aromatic carbocycles. The van der Waals surface area contributed by atoms with E-state index in [1.807, 2.05) is 48.5 Å². The third-order valence-corrected chi connectivity index (χ3v) is 63.2. The van der Waals surface area contributed by atoms with Crippen LogP contribution in [-0.2, 0) is 16.1 Å². The van der Waals surface area contributed by atoms with Crippen LogP contribution in [0.2, 0.25) is 47.2 Å². The van der Waals surface area contributed by atoms with Crippen molar-refractivity contribution in [1.82, 2.24) is 0 Å². The fourth-order valence-corrected chi connectivity index (χ4v) is 95.9. The van der Waals surface area contributed by atoms with E-state index >= 15 is 0 Å². The number of para-hydroxylation sites is 4. The first kappa shape index (κ1) is 25.6. The summed E-state index contributed by atoms with van der Waals surface area (Å²) in [6, 6.07) is 15.4. The molecule has 0 bridgehead atoms. The molecule has 1 spiro atoms. The Bertz CT molecular complexity index is 1920. The Morgan fingerprint density at radius 3 is 1.27 bits per heavy atom. The van der Waals surface area contributed by atoms with E-state index in [0.29, 0.717) is 55.5 Å². The molecule has 0 aromatic heterocycles. The van der Waals surface area contributed by atoms with Gasteiger partial charge in [-0.15, -0.1) is 0 Å². The van der Waals surface area contributed by atoms with Gasteiger partial charge in [0, 0.05) is 0 Å². The van der Waals surface area contributed by atoms with E-state index in [4.69, 9.17) is 18.9 Å². The summed E-state index contributed by atoms with van der Waals surface area (Å²) in [4.78, 5) is 34.1. The van der Waals surface area contributed by atoms with Gasteiger partial charge in [0.05, 0.1) is 0 Å². The molecule has 0 aliphatic carbocycles. The van der Waals surface area contributed by atoms with Crippen LogP contribution in [0.4, 0.5) is 0 Å². The number of benzene rings is 2. The molecule has 6 nitrogen and oxygen atoms in total. The molecular weight excluding hydrogens is 608 g/mol. The maximum absolute atomic E-state index is 14.6. The van der Waals surface area contributed by atoms with E-state index in [9.17, 15) is 9.59 Å². The van der Waals surface area contributed by atoms with E-state index in [1.165, 1.54) is 38.5 Å². The molecule has 0 N–H and O–H groups in total. The second kappa shape index (κ2) is 4.69. The van der Waals surface area contributed by atoms with Crippen LogP contribution in [0.3, 0.4) is 0 Å². The molecule has 7 heteroatoms. The van der Waals surface area contributed by atoms with Gasteiger partial charge in [0.25, 0.3) is 0 Å². The first-order valence-corrected chi connectivity index (χ1v) is 24.1. The summed E-state index contributed by atoms with van der Waals surface area (Å²) >= 11 is 0. The van der Waals surface area contributed by atoms with Crippen molar-refractivity contribution in [2.75, 3.05) is 13.2 Å². The fraction of sp³-hybridized carbons (Fsp3) is 0.632. The van der Waals surface area contributed by atoms with Crippen LogP contribution >= 0.6 is 0 Å². The number of rotatable bonds is 18. The molecule has 8 unspecified atom stereocenters. The molecule has 10 aliphatic rings. The monoisotopic (exact) mass is 654 g/mol. The van der Waals surface area contributed by atoms with Crippen LogP contribution < -0.4 is 18.9 Å². The molecular formula is C38H46FeO6. The molecule has 0 saturated carbocycles. The fourth-order valence-electron chi connectivity index (χ4n) is 21.1. The van der Waals surface area contributed by atoms with Crippen LogP contribution in [0.25, 0.3) is 0 Å². The number of ether oxygens (including phenoxy) is 4. The van der Waals surface area contributed by atoms with Crippen LogP contribution in [-0.4, -0.2) is 25.2 Å². The minimum atomic E-state index is -4.54. The Kier molecular flexibility index (Phi) is 2.66. The van der Waals surface area contributed by atoms with Crippen molar-refractivity contribution in [3.8, 4) is 23.0 Å². The molecule has 0 amide bonds. The maximum atomic E-state index is 14.6. The second-order valence-electron chi connectivity index (χ2n) is 18.0. The van der Waals surface area contributed by atoms with Crippen molar-refractivity contribution in [2.45, 2.75) is 125 Å². The van der Waals surface area contributed by atoms with E-state index in [1.54, 1.807) is 0 Å². The van der Waals surface area contributed by atoms with Crippen molar-refractivity contribution < 1.29 is 35.0 Å².